The molecule has 0 fully saturated rings. The van der Waals surface area contributed by atoms with Crippen molar-refractivity contribution in [3.8, 4) is 0 Å². The summed E-state index contributed by atoms with van der Waals surface area (Å²) in [6.07, 6.45) is 0. The number of aryl methyl sites for hydroxylation is 1. The Labute approximate surface area is 180 Å². The van der Waals surface area contributed by atoms with E-state index in [1.165, 1.54) is 11.8 Å². The number of amides is 2. The zero-order chi connectivity index (χ0) is 21.4. The maximum atomic E-state index is 13.1. The van der Waals surface area contributed by atoms with Crippen molar-refractivity contribution in [1.82, 2.24) is 4.90 Å². The average Bonchev–Trinajstić information content (AvgIpc) is 3.08. The third-order valence-electron chi connectivity index (χ3n) is 5.18. The molecule has 30 heavy (non-hydrogen) atoms. The number of hydrogen-bond acceptors (Lipinski definition) is 5. The Morgan fingerprint density at radius 3 is 2.53 bits per heavy atom. The number of rotatable bonds is 4. The second-order valence-corrected chi connectivity index (χ2v) is 9.10. The van der Waals surface area contributed by atoms with Gasteiger partial charge in [-0.2, -0.15) is 0 Å². The molecule has 0 saturated heterocycles. The molecule has 0 bridgehead atoms. The smallest absolute Gasteiger partial charge is 0.259 e. The standard InChI is InChI=1S/C23H24N4O2S/c1-13(2)19-22(29)27-20(26-19)16-10-6-8-12-18(16)25-23(27)30-15(4)21(28)24-17-11-7-5-9-14(17)3/h5-13,15,19H,1-4H3,(H,24,28)/t15-,19-/m1/s1. The molecule has 4 rings (SSSR count). The molecule has 2 atom stereocenters. The molecule has 2 aromatic rings. The number of thioether (sulfide) groups is 1. The van der Waals surface area contributed by atoms with Gasteiger partial charge in [-0.1, -0.05) is 55.9 Å². The molecular weight excluding hydrogens is 396 g/mol. The molecule has 154 valence electrons. The predicted octanol–water partition coefficient (Wildman–Crippen LogP) is 4.37. The molecule has 6 nitrogen and oxygen atoms in total. The monoisotopic (exact) mass is 420 g/mol. The summed E-state index contributed by atoms with van der Waals surface area (Å²) in [5.41, 5.74) is 3.38. The minimum Gasteiger partial charge on any atom is -0.325 e. The van der Waals surface area contributed by atoms with Crippen LogP contribution in [0.4, 0.5) is 11.4 Å². The van der Waals surface area contributed by atoms with E-state index in [4.69, 9.17) is 9.98 Å². The summed E-state index contributed by atoms with van der Waals surface area (Å²) in [5, 5.41) is 3.02. The zero-order valence-corrected chi connectivity index (χ0v) is 18.2. The van der Waals surface area contributed by atoms with Gasteiger partial charge in [0, 0.05) is 11.3 Å². The number of aliphatic imine (C=N–C) groups is 2. The number of fused-ring (bicyclic) bond motifs is 3. The number of anilines is 1. The number of para-hydroxylation sites is 2. The van der Waals surface area contributed by atoms with E-state index in [9.17, 15) is 9.59 Å². The summed E-state index contributed by atoms with van der Waals surface area (Å²) in [7, 11) is 0. The molecule has 0 radical (unpaired) electrons. The van der Waals surface area contributed by atoms with E-state index < -0.39 is 11.3 Å². The van der Waals surface area contributed by atoms with Gasteiger partial charge in [-0.15, -0.1) is 0 Å². The molecule has 0 saturated carbocycles. The Hall–Kier alpha value is -2.93. The molecule has 7 heteroatoms. The van der Waals surface area contributed by atoms with Crippen molar-refractivity contribution in [2.45, 2.75) is 39.0 Å². The third kappa shape index (κ3) is 3.65. The third-order valence-corrected chi connectivity index (χ3v) is 6.24. The van der Waals surface area contributed by atoms with Crippen LogP contribution in [0.5, 0.6) is 0 Å². The van der Waals surface area contributed by atoms with E-state index in [1.807, 2.05) is 76.2 Å². The van der Waals surface area contributed by atoms with Crippen LogP contribution in [0.3, 0.4) is 0 Å². The van der Waals surface area contributed by atoms with Gasteiger partial charge in [0.25, 0.3) is 5.91 Å². The van der Waals surface area contributed by atoms with Crippen molar-refractivity contribution in [3.05, 3.63) is 59.7 Å². The van der Waals surface area contributed by atoms with E-state index in [0.29, 0.717) is 11.0 Å². The van der Waals surface area contributed by atoms with Gasteiger partial charge >= 0.3 is 0 Å². The van der Waals surface area contributed by atoms with Gasteiger partial charge in [-0.3, -0.25) is 14.6 Å². The summed E-state index contributed by atoms with van der Waals surface area (Å²) in [4.78, 5) is 36.9. The lowest BCUT2D eigenvalue weighted by atomic mass is 10.1. The van der Waals surface area contributed by atoms with Crippen molar-refractivity contribution in [1.29, 1.82) is 0 Å². The fourth-order valence-corrected chi connectivity index (χ4v) is 4.36. The van der Waals surface area contributed by atoms with Crippen molar-refractivity contribution in [2.24, 2.45) is 15.9 Å². The Kier molecular flexibility index (Phi) is 5.47. The van der Waals surface area contributed by atoms with Crippen LogP contribution in [0.2, 0.25) is 0 Å². The molecule has 0 spiro atoms. The number of carbonyl (C=O) groups excluding carboxylic acids is 2. The van der Waals surface area contributed by atoms with Crippen LogP contribution < -0.4 is 5.32 Å². The highest BCUT2D eigenvalue weighted by atomic mass is 32.2. The summed E-state index contributed by atoms with van der Waals surface area (Å²) in [6.45, 7) is 7.74. The lowest BCUT2D eigenvalue weighted by Crippen LogP contribution is -2.43. The largest absolute Gasteiger partial charge is 0.325 e. The van der Waals surface area contributed by atoms with Crippen molar-refractivity contribution in [2.75, 3.05) is 5.32 Å². The molecule has 2 aliphatic heterocycles. The molecule has 0 unspecified atom stereocenters. The second-order valence-electron chi connectivity index (χ2n) is 7.79. The van der Waals surface area contributed by atoms with Gasteiger partial charge in [0.1, 0.15) is 11.9 Å². The topological polar surface area (TPSA) is 74.1 Å². The van der Waals surface area contributed by atoms with E-state index in [2.05, 4.69) is 5.32 Å². The number of hydrogen-bond donors (Lipinski definition) is 1. The molecule has 0 aromatic heterocycles. The SMILES string of the molecule is Cc1ccccc1NC(=O)[C@@H](C)SC1=Nc2ccccc2C2=N[C@H](C(C)C)C(=O)N12. The number of nitrogens with zero attached hydrogens (tertiary/aromatic N) is 3. The van der Waals surface area contributed by atoms with E-state index in [1.54, 1.807) is 4.90 Å². The first-order valence-corrected chi connectivity index (χ1v) is 10.9. The number of carbonyl (C=O) groups is 2. The molecule has 2 heterocycles. The Morgan fingerprint density at radius 1 is 1.10 bits per heavy atom. The highest BCUT2D eigenvalue weighted by Crippen LogP contribution is 2.35. The molecular formula is C23H24N4O2S. The van der Waals surface area contributed by atoms with Gasteiger partial charge in [-0.25, -0.2) is 9.89 Å². The summed E-state index contributed by atoms with van der Waals surface area (Å²) >= 11 is 1.27. The molecule has 2 aliphatic rings. The highest BCUT2D eigenvalue weighted by molar-refractivity contribution is 8.15. The Morgan fingerprint density at radius 2 is 1.80 bits per heavy atom. The number of nitrogens with one attached hydrogen (secondary N) is 1. The first kappa shape index (κ1) is 20.3. The number of amidine groups is 2. The lowest BCUT2D eigenvalue weighted by Gasteiger charge is -2.27. The molecule has 0 aliphatic carbocycles. The van der Waals surface area contributed by atoms with Gasteiger partial charge in [-0.05, 0) is 43.5 Å². The van der Waals surface area contributed by atoms with Crippen LogP contribution in [0.25, 0.3) is 0 Å². The van der Waals surface area contributed by atoms with Crippen molar-refractivity contribution in [3.63, 3.8) is 0 Å². The first-order valence-electron chi connectivity index (χ1n) is 10.00. The summed E-state index contributed by atoms with van der Waals surface area (Å²) in [6, 6.07) is 14.9. The van der Waals surface area contributed by atoms with Crippen LogP contribution >= 0.6 is 11.8 Å². The molecule has 1 N–H and O–H groups in total. The lowest BCUT2D eigenvalue weighted by molar-refractivity contribution is -0.125. The quantitative estimate of drug-likeness (QED) is 0.798. The van der Waals surface area contributed by atoms with Gasteiger partial charge in [0.05, 0.1) is 10.9 Å². The normalized spacial score (nSPS) is 18.5. The second kappa shape index (κ2) is 8.07. The maximum Gasteiger partial charge on any atom is 0.259 e. The Bertz CT molecular complexity index is 1080. The minimum absolute atomic E-state index is 0.0794. The Balaban J connectivity index is 1.61. The predicted molar refractivity (Wildman–Crippen MR) is 122 cm³/mol. The van der Waals surface area contributed by atoms with E-state index >= 15 is 0 Å². The zero-order valence-electron chi connectivity index (χ0n) is 17.4. The van der Waals surface area contributed by atoms with Gasteiger partial charge in [0.2, 0.25) is 5.91 Å². The van der Waals surface area contributed by atoms with Crippen LogP contribution in [0.15, 0.2) is 58.5 Å². The average molecular weight is 421 g/mol. The van der Waals surface area contributed by atoms with Crippen molar-refractivity contribution >= 4 is 46.0 Å². The van der Waals surface area contributed by atoms with Gasteiger partial charge < -0.3 is 5.32 Å². The van der Waals surface area contributed by atoms with E-state index in [0.717, 1.165) is 22.5 Å². The summed E-state index contributed by atoms with van der Waals surface area (Å²) in [5.74, 6) is 0.475. The molecule has 2 amide bonds. The summed E-state index contributed by atoms with van der Waals surface area (Å²) < 4.78 is 0. The first-order chi connectivity index (χ1) is 14.4. The van der Waals surface area contributed by atoms with Crippen molar-refractivity contribution < 1.29 is 9.59 Å². The van der Waals surface area contributed by atoms with Crippen LogP contribution in [-0.2, 0) is 9.59 Å². The van der Waals surface area contributed by atoms with Crippen LogP contribution in [-0.4, -0.2) is 39.0 Å². The number of benzene rings is 2. The maximum absolute atomic E-state index is 13.1. The fraction of sp³-hybridized carbons (Fsp3) is 0.304. The van der Waals surface area contributed by atoms with Crippen LogP contribution in [0.1, 0.15) is 31.9 Å². The minimum atomic E-state index is -0.444. The molecule has 2 aromatic carbocycles. The fourth-order valence-electron chi connectivity index (χ4n) is 3.44. The highest BCUT2D eigenvalue weighted by Gasteiger charge is 2.43. The van der Waals surface area contributed by atoms with Crippen LogP contribution in [0, 0.1) is 12.8 Å². The van der Waals surface area contributed by atoms with Gasteiger partial charge in [0.15, 0.2) is 5.17 Å². The van der Waals surface area contributed by atoms with E-state index in [-0.39, 0.29) is 17.7 Å².